The molecule has 0 bridgehead atoms. The average molecular weight is 339 g/mol. The van der Waals surface area contributed by atoms with Crippen molar-refractivity contribution in [2.45, 2.75) is 50.4 Å². The van der Waals surface area contributed by atoms with Crippen LogP contribution in [0.5, 0.6) is 11.5 Å². The molecule has 0 unspecified atom stereocenters. The number of ether oxygens (including phenoxy) is 2. The van der Waals surface area contributed by atoms with E-state index in [9.17, 15) is 9.90 Å². The van der Waals surface area contributed by atoms with Gasteiger partial charge < -0.3 is 14.6 Å². The van der Waals surface area contributed by atoms with Crippen LogP contribution < -0.4 is 9.47 Å². The normalized spacial score (nSPS) is 20.1. The number of hydrogen-bond donors (Lipinski definition) is 1. The molecule has 0 spiro atoms. The van der Waals surface area contributed by atoms with Crippen LogP contribution in [0.2, 0.25) is 5.02 Å². The van der Waals surface area contributed by atoms with Gasteiger partial charge in [-0.05, 0) is 49.3 Å². The van der Waals surface area contributed by atoms with E-state index in [0.29, 0.717) is 41.9 Å². The predicted octanol–water partition coefficient (Wildman–Crippen LogP) is 4.42. The second kappa shape index (κ2) is 6.60. The monoisotopic (exact) mass is 338 g/mol. The number of halogens is 1. The molecule has 5 heteroatoms. The van der Waals surface area contributed by atoms with E-state index in [0.717, 1.165) is 24.8 Å². The van der Waals surface area contributed by atoms with Gasteiger partial charge in [0.1, 0.15) is 0 Å². The molecule has 0 aliphatic heterocycles. The van der Waals surface area contributed by atoms with Crippen LogP contribution in [0.1, 0.15) is 50.5 Å². The van der Waals surface area contributed by atoms with Crippen LogP contribution in [0.25, 0.3) is 0 Å². The van der Waals surface area contributed by atoms with Gasteiger partial charge in [-0.15, -0.1) is 0 Å². The Hall–Kier alpha value is -1.42. The van der Waals surface area contributed by atoms with Gasteiger partial charge in [0.25, 0.3) is 0 Å². The second-order valence-corrected chi connectivity index (χ2v) is 7.10. The molecule has 1 N–H and O–H groups in total. The minimum Gasteiger partial charge on any atom is -0.491 e. The van der Waals surface area contributed by atoms with Gasteiger partial charge in [0.2, 0.25) is 0 Å². The molecule has 2 fully saturated rings. The van der Waals surface area contributed by atoms with Gasteiger partial charge in [-0.3, -0.25) is 4.79 Å². The third-order valence-electron chi connectivity index (χ3n) is 5.05. The molecule has 23 heavy (non-hydrogen) atoms. The zero-order chi connectivity index (χ0) is 16.4. The lowest BCUT2D eigenvalue weighted by molar-refractivity contribution is -0.145. The number of carboxylic acids is 1. The van der Waals surface area contributed by atoms with Crippen molar-refractivity contribution in [3.8, 4) is 11.5 Å². The van der Waals surface area contributed by atoms with Gasteiger partial charge in [-0.1, -0.05) is 30.9 Å². The van der Waals surface area contributed by atoms with Crippen molar-refractivity contribution in [3.63, 3.8) is 0 Å². The summed E-state index contributed by atoms with van der Waals surface area (Å²) in [7, 11) is 1.55. The number of carboxylic acid groups (broad SMARTS) is 1. The Morgan fingerprint density at radius 3 is 2.57 bits per heavy atom. The molecule has 0 saturated heterocycles. The standard InChI is InChI=1S/C18H23ClO4/c1-22-16-14(19)9-13(10-15(16)23-11-12-5-6-12)18(17(20)21)7-3-2-4-8-18/h9-10,12H,2-8,11H2,1H3,(H,20,21). The first kappa shape index (κ1) is 16.4. The molecule has 1 aromatic rings. The molecule has 3 rings (SSSR count). The molecule has 0 amide bonds. The minimum absolute atomic E-state index is 0.419. The van der Waals surface area contributed by atoms with E-state index in [-0.39, 0.29) is 0 Å². The van der Waals surface area contributed by atoms with Crippen molar-refractivity contribution in [3.05, 3.63) is 22.7 Å². The van der Waals surface area contributed by atoms with Crippen molar-refractivity contribution in [2.75, 3.05) is 13.7 Å². The van der Waals surface area contributed by atoms with Crippen molar-refractivity contribution in [1.82, 2.24) is 0 Å². The minimum atomic E-state index is -0.855. The number of aliphatic carboxylic acids is 1. The molecule has 0 heterocycles. The highest BCUT2D eigenvalue weighted by Gasteiger charge is 2.42. The van der Waals surface area contributed by atoms with E-state index in [2.05, 4.69) is 0 Å². The van der Waals surface area contributed by atoms with Gasteiger partial charge in [0, 0.05) is 0 Å². The van der Waals surface area contributed by atoms with Gasteiger partial charge >= 0.3 is 5.97 Å². The summed E-state index contributed by atoms with van der Waals surface area (Å²) in [4.78, 5) is 12.0. The zero-order valence-corrected chi connectivity index (χ0v) is 14.2. The van der Waals surface area contributed by atoms with Gasteiger partial charge in [0.15, 0.2) is 11.5 Å². The van der Waals surface area contributed by atoms with Crippen molar-refractivity contribution < 1.29 is 19.4 Å². The summed E-state index contributed by atoms with van der Waals surface area (Å²) in [5.74, 6) is 0.886. The summed E-state index contributed by atoms with van der Waals surface area (Å²) < 4.78 is 11.2. The van der Waals surface area contributed by atoms with E-state index in [1.807, 2.05) is 6.07 Å². The Kier molecular flexibility index (Phi) is 4.72. The van der Waals surface area contributed by atoms with Gasteiger partial charge in [-0.25, -0.2) is 0 Å². The fourth-order valence-corrected chi connectivity index (χ4v) is 3.71. The maximum Gasteiger partial charge on any atom is 0.314 e. The Morgan fingerprint density at radius 2 is 2.00 bits per heavy atom. The van der Waals surface area contributed by atoms with Crippen LogP contribution in [0.15, 0.2) is 12.1 Å². The zero-order valence-electron chi connectivity index (χ0n) is 13.4. The number of carbonyl (C=O) groups is 1. The summed E-state index contributed by atoms with van der Waals surface area (Å²) >= 11 is 6.35. The Balaban J connectivity index is 1.98. The highest BCUT2D eigenvalue weighted by atomic mass is 35.5. The van der Waals surface area contributed by atoms with Crippen molar-refractivity contribution in [2.24, 2.45) is 5.92 Å². The Labute approximate surface area is 141 Å². The quantitative estimate of drug-likeness (QED) is 0.834. The lowest BCUT2D eigenvalue weighted by Crippen LogP contribution is -2.37. The number of benzene rings is 1. The molecule has 4 nitrogen and oxygen atoms in total. The SMILES string of the molecule is COc1c(Cl)cc(C2(C(=O)O)CCCCC2)cc1OCC1CC1. The molecule has 2 aliphatic carbocycles. The largest absolute Gasteiger partial charge is 0.491 e. The first-order valence-electron chi connectivity index (χ1n) is 8.31. The summed E-state index contributed by atoms with van der Waals surface area (Å²) in [5, 5.41) is 10.3. The summed E-state index contributed by atoms with van der Waals surface area (Å²) in [6, 6.07) is 3.57. The fourth-order valence-electron chi connectivity index (χ4n) is 3.42. The molecular formula is C18H23ClO4. The third kappa shape index (κ3) is 3.27. The van der Waals surface area contributed by atoms with E-state index in [1.54, 1.807) is 13.2 Å². The van der Waals surface area contributed by atoms with Crippen LogP contribution in [-0.2, 0) is 10.2 Å². The van der Waals surface area contributed by atoms with E-state index >= 15 is 0 Å². The molecule has 126 valence electrons. The van der Waals surface area contributed by atoms with Crippen molar-refractivity contribution >= 4 is 17.6 Å². The maximum atomic E-state index is 12.0. The van der Waals surface area contributed by atoms with E-state index in [4.69, 9.17) is 21.1 Å². The van der Waals surface area contributed by atoms with Crippen LogP contribution in [-0.4, -0.2) is 24.8 Å². The molecular weight excluding hydrogens is 316 g/mol. The smallest absolute Gasteiger partial charge is 0.314 e. The lowest BCUT2D eigenvalue weighted by Gasteiger charge is -2.34. The summed E-state index contributed by atoms with van der Waals surface area (Å²) in [5.41, 5.74) is -0.118. The molecule has 0 radical (unpaired) electrons. The van der Waals surface area contributed by atoms with Crippen molar-refractivity contribution in [1.29, 1.82) is 0 Å². The van der Waals surface area contributed by atoms with Crippen LogP contribution in [0.4, 0.5) is 0 Å². The molecule has 2 saturated carbocycles. The van der Waals surface area contributed by atoms with Gasteiger partial charge in [-0.2, -0.15) is 0 Å². The average Bonchev–Trinajstić information content (AvgIpc) is 3.37. The maximum absolute atomic E-state index is 12.0. The topological polar surface area (TPSA) is 55.8 Å². The van der Waals surface area contributed by atoms with Crippen LogP contribution in [0.3, 0.4) is 0 Å². The first-order chi connectivity index (χ1) is 11.1. The molecule has 0 atom stereocenters. The highest BCUT2D eigenvalue weighted by Crippen LogP contribution is 2.45. The number of methoxy groups -OCH3 is 1. The molecule has 1 aromatic carbocycles. The highest BCUT2D eigenvalue weighted by molar-refractivity contribution is 6.32. The Morgan fingerprint density at radius 1 is 1.30 bits per heavy atom. The van der Waals surface area contributed by atoms with E-state index < -0.39 is 11.4 Å². The van der Waals surface area contributed by atoms with E-state index in [1.165, 1.54) is 12.8 Å². The summed E-state index contributed by atoms with van der Waals surface area (Å²) in [6.45, 7) is 0.635. The fraction of sp³-hybridized carbons (Fsp3) is 0.611. The van der Waals surface area contributed by atoms with Crippen LogP contribution in [0, 0.1) is 5.92 Å². The second-order valence-electron chi connectivity index (χ2n) is 6.69. The molecule has 0 aromatic heterocycles. The summed E-state index contributed by atoms with van der Waals surface area (Å²) in [6.07, 6.45) is 6.61. The number of hydrogen-bond acceptors (Lipinski definition) is 3. The number of rotatable bonds is 6. The van der Waals surface area contributed by atoms with Gasteiger partial charge in [0.05, 0.1) is 24.2 Å². The van der Waals surface area contributed by atoms with Crippen LogP contribution >= 0.6 is 11.6 Å². The first-order valence-corrected chi connectivity index (χ1v) is 8.69. The predicted molar refractivity (Wildman–Crippen MR) is 88.6 cm³/mol. The third-order valence-corrected chi connectivity index (χ3v) is 5.33. The molecule has 2 aliphatic rings. The Bertz CT molecular complexity index is 589. The lowest BCUT2D eigenvalue weighted by atomic mass is 9.69.